The van der Waals surface area contributed by atoms with E-state index in [-0.39, 0.29) is 13.2 Å². The van der Waals surface area contributed by atoms with Crippen LogP contribution in [0.2, 0.25) is 0 Å². The number of rotatable bonds is 9. The topological polar surface area (TPSA) is 133 Å². The van der Waals surface area contributed by atoms with E-state index in [9.17, 15) is 15.0 Å². The van der Waals surface area contributed by atoms with Crippen molar-refractivity contribution in [2.45, 2.75) is 50.7 Å². The Morgan fingerprint density at radius 2 is 1.39 bits per heavy atom. The molecule has 0 aromatic heterocycles. The second kappa shape index (κ2) is 15.9. The highest BCUT2D eigenvalue weighted by atomic mass is 16.7. The van der Waals surface area contributed by atoms with Crippen LogP contribution < -0.4 is 16.7 Å². The van der Waals surface area contributed by atoms with Gasteiger partial charge in [-0.05, 0) is 51.9 Å². The van der Waals surface area contributed by atoms with Gasteiger partial charge in [-0.3, -0.25) is 4.84 Å². The molecule has 28 heavy (non-hydrogen) atoms. The maximum Gasteiger partial charge on any atom is 0.338 e. The summed E-state index contributed by atoms with van der Waals surface area (Å²) >= 11 is 0. The number of hydrogen-bond acceptors (Lipinski definition) is 8. The number of piperidine rings is 2. The van der Waals surface area contributed by atoms with Gasteiger partial charge in [-0.1, -0.05) is 12.8 Å². The van der Waals surface area contributed by atoms with E-state index >= 15 is 0 Å². The first-order valence-corrected chi connectivity index (χ1v) is 10.3. The third kappa shape index (κ3) is 12.4. The molecule has 2 amide bonds. The van der Waals surface area contributed by atoms with Crippen molar-refractivity contribution in [2.75, 3.05) is 59.5 Å². The Morgan fingerprint density at radius 1 is 0.929 bits per heavy atom. The zero-order valence-corrected chi connectivity index (χ0v) is 17.1. The summed E-state index contributed by atoms with van der Waals surface area (Å²) < 4.78 is 0. The quantitative estimate of drug-likeness (QED) is 0.322. The third-order valence-electron chi connectivity index (χ3n) is 4.79. The van der Waals surface area contributed by atoms with E-state index in [1.807, 2.05) is 0 Å². The summed E-state index contributed by atoms with van der Waals surface area (Å²) in [6, 6.07) is -0.412. The number of carbonyl (C=O) groups is 1. The lowest BCUT2D eigenvalue weighted by Crippen LogP contribution is -2.40. The van der Waals surface area contributed by atoms with E-state index in [0.717, 1.165) is 26.2 Å². The Balaban J connectivity index is 0.000000292. The first kappa shape index (κ1) is 25.0. The minimum Gasteiger partial charge on any atom is -0.389 e. The summed E-state index contributed by atoms with van der Waals surface area (Å²) in [6.07, 6.45) is 6.49. The summed E-state index contributed by atoms with van der Waals surface area (Å²) in [4.78, 5) is 24.4. The van der Waals surface area contributed by atoms with E-state index in [0.29, 0.717) is 13.1 Å². The number of β-amino-alcohol motifs (C(OH)–C–C–N with tert-alkyl or cyclic N) is 2. The Morgan fingerprint density at radius 3 is 1.82 bits per heavy atom. The fourth-order valence-corrected chi connectivity index (χ4v) is 3.35. The lowest BCUT2D eigenvalue weighted by atomic mass is 10.1. The molecule has 0 bridgehead atoms. The molecule has 0 aliphatic carbocycles. The van der Waals surface area contributed by atoms with Crippen LogP contribution in [0.5, 0.6) is 0 Å². The van der Waals surface area contributed by atoms with Gasteiger partial charge in [0.05, 0.1) is 18.8 Å². The zero-order valence-electron chi connectivity index (χ0n) is 17.1. The molecule has 0 radical (unpaired) electrons. The summed E-state index contributed by atoms with van der Waals surface area (Å²) in [5.74, 6) is 4.86. The van der Waals surface area contributed by atoms with Gasteiger partial charge in [-0.2, -0.15) is 0 Å². The van der Waals surface area contributed by atoms with Gasteiger partial charge in [0.25, 0.3) is 0 Å². The number of carbonyl (C=O) groups excluding carboxylic acids is 1. The van der Waals surface area contributed by atoms with Gasteiger partial charge in [-0.15, -0.1) is 0 Å². The SMILES string of the molecule is CNC(=O)NOCC(O)CN1CCCCC1.NOCC(O)CN1CCCCC1. The lowest BCUT2D eigenvalue weighted by molar-refractivity contribution is -0.0172. The molecule has 2 aliphatic heterocycles. The van der Waals surface area contributed by atoms with Gasteiger partial charge in [0, 0.05) is 20.1 Å². The molecule has 2 aliphatic rings. The van der Waals surface area contributed by atoms with E-state index in [4.69, 9.17) is 10.7 Å². The highest BCUT2D eigenvalue weighted by Gasteiger charge is 2.15. The molecule has 0 aromatic rings. The number of nitrogens with two attached hydrogens (primary N) is 1. The van der Waals surface area contributed by atoms with Crippen molar-refractivity contribution in [1.82, 2.24) is 20.6 Å². The fourth-order valence-electron chi connectivity index (χ4n) is 3.35. The fraction of sp³-hybridized carbons (Fsp3) is 0.944. The number of aliphatic hydroxyl groups is 2. The number of hydroxylamine groups is 1. The molecule has 2 saturated heterocycles. The summed E-state index contributed by atoms with van der Waals surface area (Å²) in [6.45, 7) is 5.93. The first-order chi connectivity index (χ1) is 13.5. The second-order valence-corrected chi connectivity index (χ2v) is 7.36. The van der Waals surface area contributed by atoms with Crippen molar-refractivity contribution in [2.24, 2.45) is 5.90 Å². The molecule has 166 valence electrons. The smallest absolute Gasteiger partial charge is 0.338 e. The van der Waals surface area contributed by atoms with Crippen molar-refractivity contribution >= 4 is 6.03 Å². The molecule has 10 heteroatoms. The van der Waals surface area contributed by atoms with Gasteiger partial charge < -0.3 is 30.2 Å². The maximum atomic E-state index is 10.7. The highest BCUT2D eigenvalue weighted by Crippen LogP contribution is 2.09. The van der Waals surface area contributed by atoms with Crippen LogP contribution in [-0.4, -0.2) is 97.8 Å². The van der Waals surface area contributed by atoms with Gasteiger partial charge in [0.2, 0.25) is 0 Å². The van der Waals surface area contributed by atoms with E-state index < -0.39 is 18.2 Å². The van der Waals surface area contributed by atoms with Crippen LogP contribution in [0.15, 0.2) is 0 Å². The number of nitrogens with zero attached hydrogens (tertiary/aromatic N) is 2. The Hall–Kier alpha value is -1.01. The summed E-state index contributed by atoms with van der Waals surface area (Å²) in [5.41, 5.74) is 2.17. The predicted molar refractivity (Wildman–Crippen MR) is 106 cm³/mol. The molecule has 2 heterocycles. The van der Waals surface area contributed by atoms with Crippen molar-refractivity contribution in [3.63, 3.8) is 0 Å². The number of nitrogens with one attached hydrogen (secondary N) is 2. The van der Waals surface area contributed by atoms with Crippen LogP contribution in [0.1, 0.15) is 38.5 Å². The van der Waals surface area contributed by atoms with E-state index in [1.165, 1.54) is 45.6 Å². The van der Waals surface area contributed by atoms with Crippen molar-refractivity contribution < 1.29 is 24.7 Å². The first-order valence-electron chi connectivity index (χ1n) is 10.3. The molecule has 2 fully saturated rings. The molecular formula is C18H39N5O5. The van der Waals surface area contributed by atoms with Gasteiger partial charge in [-0.25, -0.2) is 16.2 Å². The van der Waals surface area contributed by atoms with Crippen LogP contribution >= 0.6 is 0 Å². The monoisotopic (exact) mass is 405 g/mol. The summed E-state index contributed by atoms with van der Waals surface area (Å²) in [5, 5.41) is 21.4. The van der Waals surface area contributed by atoms with Crippen LogP contribution in [-0.2, 0) is 9.68 Å². The van der Waals surface area contributed by atoms with Crippen molar-refractivity contribution in [3.8, 4) is 0 Å². The standard InChI is InChI=1S/C10H21N3O3.C8H18N2O2/c1-11-10(15)12-16-8-9(14)7-13-5-3-2-4-6-13;9-12-7-8(11)6-10-4-2-1-3-5-10/h9,14H,2-8H2,1H3,(H2,11,12,15);8,11H,1-7,9H2. The summed E-state index contributed by atoms with van der Waals surface area (Å²) in [7, 11) is 1.50. The molecule has 0 spiro atoms. The van der Waals surface area contributed by atoms with Gasteiger partial charge in [0.15, 0.2) is 0 Å². The molecule has 2 rings (SSSR count). The number of urea groups is 1. The van der Waals surface area contributed by atoms with Crippen LogP contribution in [0, 0.1) is 0 Å². The normalized spacial score (nSPS) is 20.6. The van der Waals surface area contributed by atoms with Gasteiger partial charge >= 0.3 is 6.03 Å². The Bertz CT molecular complexity index is 393. The average molecular weight is 406 g/mol. The number of likely N-dealkylation sites (tertiary alicyclic amines) is 2. The highest BCUT2D eigenvalue weighted by molar-refractivity contribution is 5.72. The molecule has 0 aromatic carbocycles. The Labute approximate surface area is 168 Å². The largest absolute Gasteiger partial charge is 0.389 e. The average Bonchev–Trinajstić information content (AvgIpc) is 2.70. The molecule has 10 nitrogen and oxygen atoms in total. The minimum atomic E-state index is -0.560. The molecule has 6 N–H and O–H groups in total. The predicted octanol–water partition coefficient (Wildman–Crippen LogP) is -0.583. The molecular weight excluding hydrogens is 366 g/mol. The number of aliphatic hydroxyl groups excluding tert-OH is 2. The van der Waals surface area contributed by atoms with Crippen LogP contribution in [0.3, 0.4) is 0 Å². The number of hydrogen-bond donors (Lipinski definition) is 5. The molecule has 2 atom stereocenters. The molecule has 2 unspecified atom stereocenters. The van der Waals surface area contributed by atoms with Crippen molar-refractivity contribution in [1.29, 1.82) is 0 Å². The third-order valence-corrected chi connectivity index (χ3v) is 4.79. The molecule has 0 saturated carbocycles. The van der Waals surface area contributed by atoms with E-state index in [2.05, 4.69) is 25.4 Å². The zero-order chi connectivity index (χ0) is 20.6. The minimum absolute atomic E-state index is 0.115. The van der Waals surface area contributed by atoms with Gasteiger partial charge in [0.1, 0.15) is 6.61 Å². The number of amides is 2. The maximum absolute atomic E-state index is 10.7. The second-order valence-electron chi connectivity index (χ2n) is 7.36. The van der Waals surface area contributed by atoms with Crippen LogP contribution in [0.4, 0.5) is 4.79 Å². The lowest BCUT2D eigenvalue weighted by Gasteiger charge is -2.28. The van der Waals surface area contributed by atoms with Crippen LogP contribution in [0.25, 0.3) is 0 Å². The van der Waals surface area contributed by atoms with E-state index in [1.54, 1.807) is 0 Å². The van der Waals surface area contributed by atoms with Crippen molar-refractivity contribution in [3.05, 3.63) is 0 Å². The Kier molecular flexibility index (Phi) is 14.2.